The molecule has 2 N–H and O–H groups in total. The Labute approximate surface area is 160 Å². The first kappa shape index (κ1) is 19.0. The number of thioether (sulfide) groups is 1. The molecule has 1 aromatic heterocycles. The van der Waals surface area contributed by atoms with Gasteiger partial charge < -0.3 is 19.9 Å². The van der Waals surface area contributed by atoms with Gasteiger partial charge in [0.05, 0.1) is 24.9 Å². The van der Waals surface area contributed by atoms with Crippen molar-refractivity contribution < 1.29 is 19.0 Å². The molecular weight excluding hydrogens is 369 g/mol. The molecule has 0 aliphatic heterocycles. The number of hydrogen-bond donors (Lipinski definition) is 2. The van der Waals surface area contributed by atoms with E-state index in [0.717, 1.165) is 5.75 Å². The summed E-state index contributed by atoms with van der Waals surface area (Å²) in [5, 5.41) is 13.4. The van der Waals surface area contributed by atoms with Gasteiger partial charge in [-0.2, -0.15) is 11.8 Å². The van der Waals surface area contributed by atoms with Gasteiger partial charge in [-0.1, -0.05) is 0 Å². The predicted molar refractivity (Wildman–Crippen MR) is 106 cm³/mol. The zero-order chi connectivity index (χ0) is 19.4. The fourth-order valence-corrected chi connectivity index (χ4v) is 2.81. The predicted octanol–water partition coefficient (Wildman–Crippen LogP) is 4.28. The second-order valence-electron chi connectivity index (χ2n) is 5.83. The van der Waals surface area contributed by atoms with Crippen molar-refractivity contribution >= 4 is 34.2 Å². The highest BCUT2D eigenvalue weighted by Gasteiger charge is 2.14. The average Bonchev–Trinajstić information content (AvgIpc) is 2.66. The molecule has 6 nitrogen and oxygen atoms in total. The summed E-state index contributed by atoms with van der Waals surface area (Å²) in [6.07, 6.45) is 3.39. The quantitative estimate of drug-likeness (QED) is 0.584. The summed E-state index contributed by atoms with van der Waals surface area (Å²) in [5.41, 5.74) is 1.21. The van der Waals surface area contributed by atoms with E-state index < -0.39 is 5.82 Å². The molecule has 1 heterocycles. The third kappa shape index (κ3) is 4.16. The van der Waals surface area contributed by atoms with Crippen LogP contribution < -0.4 is 14.8 Å². The number of fused-ring (bicyclic) bond motifs is 1. The fraction of sp³-hybridized carbons (Fsp3) is 0.263. The number of nitrogens with one attached hydrogen (secondary N) is 1. The van der Waals surface area contributed by atoms with Crippen LogP contribution in [0.15, 0.2) is 30.6 Å². The number of ether oxygens (including phenoxy) is 2. The number of benzene rings is 2. The lowest BCUT2D eigenvalue weighted by Crippen LogP contribution is -2.03. The summed E-state index contributed by atoms with van der Waals surface area (Å²) in [7, 11) is 1.55. The third-order valence-corrected chi connectivity index (χ3v) is 4.58. The van der Waals surface area contributed by atoms with Gasteiger partial charge in [-0.3, -0.25) is 0 Å². The maximum Gasteiger partial charge on any atom is 0.163 e. The van der Waals surface area contributed by atoms with Crippen molar-refractivity contribution in [2.24, 2.45) is 0 Å². The van der Waals surface area contributed by atoms with E-state index in [1.54, 1.807) is 37.9 Å². The number of phenols is 1. The standard InChI is InChI=1S/C19H20FN3O3S/c1-11-6-13(20)15(8-16(11)24)23-19-12-7-17(25-2)18(26-4-5-27-3)9-14(12)21-10-22-19/h6-10,24H,4-5H2,1-3H3,(H,21,22,23). The van der Waals surface area contributed by atoms with Crippen LogP contribution in [0.5, 0.6) is 17.2 Å². The van der Waals surface area contributed by atoms with Crippen LogP contribution in [0.4, 0.5) is 15.9 Å². The van der Waals surface area contributed by atoms with E-state index in [2.05, 4.69) is 15.3 Å². The van der Waals surface area contributed by atoms with E-state index in [0.29, 0.717) is 40.4 Å². The molecule has 3 rings (SSSR count). The molecule has 3 aromatic rings. The molecule has 8 heteroatoms. The van der Waals surface area contributed by atoms with Gasteiger partial charge in [-0.15, -0.1) is 0 Å². The van der Waals surface area contributed by atoms with E-state index in [-0.39, 0.29) is 11.4 Å². The topological polar surface area (TPSA) is 76.5 Å². The molecule has 0 radical (unpaired) electrons. The molecule has 0 atom stereocenters. The lowest BCUT2D eigenvalue weighted by Gasteiger charge is -2.14. The van der Waals surface area contributed by atoms with Crippen LogP contribution in [0.3, 0.4) is 0 Å². The van der Waals surface area contributed by atoms with Crippen LogP contribution in [-0.4, -0.2) is 40.8 Å². The van der Waals surface area contributed by atoms with Gasteiger partial charge in [0.25, 0.3) is 0 Å². The van der Waals surface area contributed by atoms with Crippen LogP contribution in [0.1, 0.15) is 5.56 Å². The molecular formula is C19H20FN3O3S. The molecule has 0 fully saturated rings. The van der Waals surface area contributed by atoms with Crippen molar-refractivity contribution in [2.75, 3.05) is 31.0 Å². The number of rotatable bonds is 7. The monoisotopic (exact) mass is 389 g/mol. The smallest absolute Gasteiger partial charge is 0.163 e. The van der Waals surface area contributed by atoms with Gasteiger partial charge in [0.2, 0.25) is 0 Å². The molecule has 0 unspecified atom stereocenters. The van der Waals surface area contributed by atoms with Crippen LogP contribution in [0, 0.1) is 12.7 Å². The number of halogens is 1. The van der Waals surface area contributed by atoms with Crippen LogP contribution >= 0.6 is 11.8 Å². The van der Waals surface area contributed by atoms with Gasteiger partial charge in [-0.25, -0.2) is 14.4 Å². The fourth-order valence-electron chi connectivity index (χ4n) is 2.56. The number of aromatic nitrogens is 2. The van der Waals surface area contributed by atoms with Gasteiger partial charge in [0.15, 0.2) is 11.5 Å². The first-order valence-corrected chi connectivity index (χ1v) is 9.63. The number of methoxy groups -OCH3 is 1. The van der Waals surface area contributed by atoms with Crippen molar-refractivity contribution in [3.05, 3.63) is 42.0 Å². The van der Waals surface area contributed by atoms with E-state index in [1.165, 1.54) is 18.5 Å². The normalized spacial score (nSPS) is 10.8. The molecule has 2 aromatic carbocycles. The van der Waals surface area contributed by atoms with Gasteiger partial charge in [0, 0.05) is 23.3 Å². The summed E-state index contributed by atoms with van der Waals surface area (Å²) < 4.78 is 25.4. The maximum atomic E-state index is 14.2. The Hall–Kier alpha value is -2.74. The number of aryl methyl sites for hydroxylation is 1. The van der Waals surface area contributed by atoms with E-state index >= 15 is 0 Å². The SMILES string of the molecule is COc1cc2c(Nc3cc(O)c(C)cc3F)ncnc2cc1OCCSC. The zero-order valence-electron chi connectivity index (χ0n) is 15.2. The lowest BCUT2D eigenvalue weighted by atomic mass is 10.1. The minimum absolute atomic E-state index is 0.000627. The number of anilines is 2. The molecule has 142 valence electrons. The second-order valence-corrected chi connectivity index (χ2v) is 6.81. The van der Waals surface area contributed by atoms with Crippen LogP contribution in [-0.2, 0) is 0 Å². The summed E-state index contributed by atoms with van der Waals surface area (Å²) >= 11 is 1.69. The maximum absolute atomic E-state index is 14.2. The van der Waals surface area contributed by atoms with Gasteiger partial charge in [0.1, 0.15) is 23.7 Å². The number of phenolic OH excluding ortho intramolecular Hbond substituents is 1. The molecule has 0 amide bonds. The Kier molecular flexibility index (Phi) is 5.85. The average molecular weight is 389 g/mol. The molecule has 0 saturated heterocycles. The number of nitrogens with zero attached hydrogens (tertiary/aromatic N) is 2. The third-order valence-electron chi connectivity index (χ3n) is 4.00. The van der Waals surface area contributed by atoms with Crippen molar-refractivity contribution in [1.82, 2.24) is 9.97 Å². The Morgan fingerprint density at radius 3 is 2.74 bits per heavy atom. The van der Waals surface area contributed by atoms with Crippen molar-refractivity contribution in [3.8, 4) is 17.2 Å². The Bertz CT molecular complexity index is 969. The number of aromatic hydroxyl groups is 1. The summed E-state index contributed by atoms with van der Waals surface area (Å²) in [5.74, 6) is 1.89. The molecule has 0 aliphatic rings. The van der Waals surface area contributed by atoms with E-state index in [9.17, 15) is 9.50 Å². The molecule has 0 bridgehead atoms. The highest BCUT2D eigenvalue weighted by molar-refractivity contribution is 7.98. The van der Waals surface area contributed by atoms with Crippen molar-refractivity contribution in [1.29, 1.82) is 0 Å². The van der Waals surface area contributed by atoms with Crippen molar-refractivity contribution in [3.63, 3.8) is 0 Å². The lowest BCUT2D eigenvalue weighted by molar-refractivity contribution is 0.314. The second kappa shape index (κ2) is 8.30. The summed E-state index contributed by atoms with van der Waals surface area (Å²) in [6.45, 7) is 2.18. The summed E-state index contributed by atoms with van der Waals surface area (Å²) in [6, 6.07) is 6.11. The first-order valence-electron chi connectivity index (χ1n) is 8.24. The Balaban J connectivity index is 2.00. The Morgan fingerprint density at radius 2 is 2.00 bits per heavy atom. The van der Waals surface area contributed by atoms with Crippen LogP contribution in [0.25, 0.3) is 10.9 Å². The largest absolute Gasteiger partial charge is 0.508 e. The van der Waals surface area contributed by atoms with Gasteiger partial charge >= 0.3 is 0 Å². The molecule has 0 saturated carbocycles. The zero-order valence-corrected chi connectivity index (χ0v) is 16.1. The van der Waals surface area contributed by atoms with E-state index in [1.807, 2.05) is 6.26 Å². The van der Waals surface area contributed by atoms with Crippen LogP contribution in [0.2, 0.25) is 0 Å². The van der Waals surface area contributed by atoms with Crippen molar-refractivity contribution in [2.45, 2.75) is 6.92 Å². The first-order chi connectivity index (χ1) is 13.0. The highest BCUT2D eigenvalue weighted by Crippen LogP contribution is 2.35. The van der Waals surface area contributed by atoms with Gasteiger partial charge in [-0.05, 0) is 30.9 Å². The highest BCUT2D eigenvalue weighted by atomic mass is 32.2. The molecule has 0 spiro atoms. The summed E-state index contributed by atoms with van der Waals surface area (Å²) in [4.78, 5) is 8.47. The molecule has 0 aliphatic carbocycles. The van der Waals surface area contributed by atoms with E-state index in [4.69, 9.17) is 9.47 Å². The number of hydrogen-bond acceptors (Lipinski definition) is 7. The molecule has 27 heavy (non-hydrogen) atoms. The minimum atomic E-state index is -0.485. The minimum Gasteiger partial charge on any atom is -0.508 e. The Morgan fingerprint density at radius 1 is 1.19 bits per heavy atom.